The van der Waals surface area contributed by atoms with Crippen molar-refractivity contribution in [3.63, 3.8) is 0 Å². The van der Waals surface area contributed by atoms with Crippen LogP contribution in [-0.2, 0) is 0 Å². The van der Waals surface area contributed by atoms with Gasteiger partial charge in [-0.15, -0.1) is 12.4 Å². The number of nitrogens with one attached hydrogen (secondary N) is 1. The van der Waals surface area contributed by atoms with Crippen LogP contribution in [0.25, 0.3) is 0 Å². The number of rotatable bonds is 3. The number of thioether (sulfide) groups is 1. The van der Waals surface area contributed by atoms with E-state index in [9.17, 15) is 0 Å². The highest BCUT2D eigenvalue weighted by Gasteiger charge is 2.14. The van der Waals surface area contributed by atoms with Gasteiger partial charge in [0.2, 0.25) is 0 Å². The Morgan fingerprint density at radius 2 is 2.06 bits per heavy atom. The van der Waals surface area contributed by atoms with E-state index in [1.165, 1.54) is 19.4 Å². The van der Waals surface area contributed by atoms with Gasteiger partial charge in [0, 0.05) is 23.2 Å². The second-order valence-electron chi connectivity index (χ2n) is 4.04. The Bertz CT molecular complexity index is 320. The Balaban J connectivity index is 0.00000128. The summed E-state index contributed by atoms with van der Waals surface area (Å²) in [5.74, 6) is 1.09. The summed E-state index contributed by atoms with van der Waals surface area (Å²) in [4.78, 5) is 8.84. The van der Waals surface area contributed by atoms with Crippen LogP contribution in [0.1, 0.15) is 24.2 Å². The minimum Gasteiger partial charge on any atom is -0.313 e. The summed E-state index contributed by atoms with van der Waals surface area (Å²) in [6.45, 7) is 5.21. The third-order valence-corrected chi connectivity index (χ3v) is 3.55. The van der Waals surface area contributed by atoms with Crippen molar-refractivity contribution >= 4 is 24.2 Å². The summed E-state index contributed by atoms with van der Waals surface area (Å²) in [5, 5.41) is 4.40. The molecule has 1 aliphatic heterocycles. The lowest BCUT2D eigenvalue weighted by Gasteiger charge is -2.08. The Labute approximate surface area is 107 Å². The fourth-order valence-electron chi connectivity index (χ4n) is 1.83. The van der Waals surface area contributed by atoms with E-state index in [0.29, 0.717) is 6.04 Å². The van der Waals surface area contributed by atoms with Gasteiger partial charge in [0.25, 0.3) is 0 Å². The Hall–Kier alpha value is -0.320. The smallest absolute Gasteiger partial charge is 0.188 e. The van der Waals surface area contributed by atoms with Crippen molar-refractivity contribution in [3.8, 4) is 0 Å². The molecule has 0 aromatic carbocycles. The van der Waals surface area contributed by atoms with Crippen LogP contribution in [0.2, 0.25) is 0 Å². The van der Waals surface area contributed by atoms with Crippen LogP contribution in [0, 0.1) is 13.8 Å². The van der Waals surface area contributed by atoms with Gasteiger partial charge in [0.15, 0.2) is 5.16 Å². The average molecular weight is 260 g/mol. The number of aromatic nitrogens is 2. The van der Waals surface area contributed by atoms with Crippen LogP contribution in [0.5, 0.6) is 0 Å². The van der Waals surface area contributed by atoms with Crippen LogP contribution in [-0.4, -0.2) is 28.3 Å². The van der Waals surface area contributed by atoms with Gasteiger partial charge < -0.3 is 5.32 Å². The maximum atomic E-state index is 4.42. The molecular weight excluding hydrogens is 242 g/mol. The quantitative estimate of drug-likeness (QED) is 0.668. The molecule has 1 fully saturated rings. The molecule has 0 amide bonds. The highest BCUT2D eigenvalue weighted by Crippen LogP contribution is 2.18. The first-order valence-corrected chi connectivity index (χ1v) is 6.41. The molecule has 3 nitrogen and oxygen atoms in total. The predicted molar refractivity (Wildman–Crippen MR) is 70.5 cm³/mol. The number of halogens is 1. The molecule has 1 N–H and O–H groups in total. The summed E-state index contributed by atoms with van der Waals surface area (Å²) in [6.07, 6.45) is 2.59. The normalized spacial score (nSPS) is 19.5. The highest BCUT2D eigenvalue weighted by atomic mass is 35.5. The molecule has 1 aliphatic rings. The molecule has 0 bridgehead atoms. The van der Waals surface area contributed by atoms with Crippen molar-refractivity contribution in [2.24, 2.45) is 0 Å². The zero-order valence-electron chi connectivity index (χ0n) is 9.69. The van der Waals surface area contributed by atoms with Crippen LogP contribution in [0.3, 0.4) is 0 Å². The molecule has 2 rings (SSSR count). The molecular formula is C11H18ClN3S. The van der Waals surface area contributed by atoms with Gasteiger partial charge in [0.05, 0.1) is 0 Å². The van der Waals surface area contributed by atoms with Gasteiger partial charge in [-0.25, -0.2) is 9.97 Å². The van der Waals surface area contributed by atoms with Crippen LogP contribution >= 0.6 is 24.2 Å². The van der Waals surface area contributed by atoms with Gasteiger partial charge >= 0.3 is 0 Å². The molecule has 5 heteroatoms. The second kappa shape index (κ2) is 6.42. The Morgan fingerprint density at radius 3 is 2.62 bits per heavy atom. The zero-order valence-corrected chi connectivity index (χ0v) is 11.3. The minimum atomic E-state index is 0. The standard InChI is InChI=1S/C11H17N3S.ClH/c1-8-6-9(2)14-11(13-8)15-7-10-4-3-5-12-10;/h6,10,12H,3-5,7H2,1-2H3;1H. The molecule has 90 valence electrons. The molecule has 1 aromatic heterocycles. The summed E-state index contributed by atoms with van der Waals surface area (Å²) in [5.41, 5.74) is 2.12. The van der Waals surface area contributed by atoms with Gasteiger partial charge in [-0.3, -0.25) is 0 Å². The molecule has 16 heavy (non-hydrogen) atoms. The molecule has 1 unspecified atom stereocenters. The van der Waals surface area contributed by atoms with E-state index in [0.717, 1.165) is 22.3 Å². The lowest BCUT2D eigenvalue weighted by Crippen LogP contribution is -2.23. The molecule has 0 saturated carbocycles. The molecule has 1 saturated heterocycles. The maximum Gasteiger partial charge on any atom is 0.188 e. The van der Waals surface area contributed by atoms with E-state index in [4.69, 9.17) is 0 Å². The van der Waals surface area contributed by atoms with E-state index in [1.807, 2.05) is 19.9 Å². The average Bonchev–Trinajstić information content (AvgIpc) is 2.65. The van der Waals surface area contributed by atoms with Gasteiger partial charge in [-0.2, -0.15) is 0 Å². The Morgan fingerprint density at radius 1 is 1.38 bits per heavy atom. The summed E-state index contributed by atoms with van der Waals surface area (Å²) in [6, 6.07) is 2.66. The number of nitrogens with zero attached hydrogens (tertiary/aromatic N) is 2. The van der Waals surface area contributed by atoms with Crippen molar-refractivity contribution in [2.45, 2.75) is 37.9 Å². The molecule has 1 aromatic rings. The van der Waals surface area contributed by atoms with Gasteiger partial charge in [-0.1, -0.05) is 11.8 Å². The van der Waals surface area contributed by atoms with Gasteiger partial charge in [-0.05, 0) is 39.3 Å². The summed E-state index contributed by atoms with van der Waals surface area (Å²) < 4.78 is 0. The number of hydrogen-bond donors (Lipinski definition) is 1. The summed E-state index contributed by atoms with van der Waals surface area (Å²) in [7, 11) is 0. The second-order valence-corrected chi connectivity index (χ2v) is 5.02. The SMILES string of the molecule is Cc1cc(C)nc(SCC2CCCN2)n1.Cl. The number of aryl methyl sites for hydroxylation is 2. The molecule has 0 radical (unpaired) electrons. The fourth-order valence-corrected chi connectivity index (χ4v) is 2.88. The first kappa shape index (κ1) is 13.7. The molecule has 2 heterocycles. The Kier molecular flexibility index (Phi) is 5.52. The highest BCUT2D eigenvalue weighted by molar-refractivity contribution is 7.99. The minimum absolute atomic E-state index is 0. The fraction of sp³-hybridized carbons (Fsp3) is 0.636. The maximum absolute atomic E-state index is 4.42. The largest absolute Gasteiger partial charge is 0.313 e. The summed E-state index contributed by atoms with van der Waals surface area (Å²) >= 11 is 1.76. The van der Waals surface area contributed by atoms with E-state index < -0.39 is 0 Å². The van der Waals surface area contributed by atoms with E-state index in [2.05, 4.69) is 15.3 Å². The van der Waals surface area contributed by atoms with Crippen LogP contribution < -0.4 is 5.32 Å². The van der Waals surface area contributed by atoms with Crippen LogP contribution in [0.4, 0.5) is 0 Å². The van der Waals surface area contributed by atoms with Gasteiger partial charge in [0.1, 0.15) is 0 Å². The van der Waals surface area contributed by atoms with Crippen molar-refractivity contribution in [1.82, 2.24) is 15.3 Å². The van der Waals surface area contributed by atoms with E-state index in [-0.39, 0.29) is 12.4 Å². The first-order valence-electron chi connectivity index (χ1n) is 5.42. The molecule has 1 atom stereocenters. The number of hydrogen-bond acceptors (Lipinski definition) is 4. The van der Waals surface area contributed by atoms with Crippen molar-refractivity contribution in [1.29, 1.82) is 0 Å². The lowest BCUT2D eigenvalue weighted by atomic mass is 10.3. The molecule has 0 aliphatic carbocycles. The van der Waals surface area contributed by atoms with E-state index in [1.54, 1.807) is 11.8 Å². The predicted octanol–water partition coefficient (Wildman–Crippen LogP) is 2.36. The van der Waals surface area contributed by atoms with Crippen molar-refractivity contribution in [2.75, 3.05) is 12.3 Å². The van der Waals surface area contributed by atoms with Crippen LogP contribution in [0.15, 0.2) is 11.2 Å². The third kappa shape index (κ3) is 3.92. The molecule has 0 spiro atoms. The zero-order chi connectivity index (χ0) is 10.7. The first-order chi connectivity index (χ1) is 7.24. The topological polar surface area (TPSA) is 37.8 Å². The lowest BCUT2D eigenvalue weighted by molar-refractivity contribution is 0.672. The van der Waals surface area contributed by atoms with Crippen molar-refractivity contribution < 1.29 is 0 Å². The monoisotopic (exact) mass is 259 g/mol. The third-order valence-electron chi connectivity index (χ3n) is 2.54. The van der Waals surface area contributed by atoms with Crippen molar-refractivity contribution in [3.05, 3.63) is 17.5 Å². The van der Waals surface area contributed by atoms with E-state index >= 15 is 0 Å².